The zero-order valence-corrected chi connectivity index (χ0v) is 7.12. The topological polar surface area (TPSA) is 56.0 Å². The predicted molar refractivity (Wildman–Crippen MR) is 47.9 cm³/mol. The molecule has 1 fully saturated rings. The van der Waals surface area contributed by atoms with Crippen LogP contribution in [-0.2, 0) is 5.60 Å². The Kier molecular flexibility index (Phi) is 1.80. The van der Waals surface area contributed by atoms with Crippen LogP contribution in [0.2, 0.25) is 0 Å². The summed E-state index contributed by atoms with van der Waals surface area (Å²) in [6.45, 7) is 1.19. The molecule has 2 N–H and O–H groups in total. The van der Waals surface area contributed by atoms with Crippen LogP contribution in [-0.4, -0.2) is 18.2 Å². The summed E-state index contributed by atoms with van der Waals surface area (Å²) in [4.78, 5) is 0. The fourth-order valence-electron chi connectivity index (χ4n) is 1.42. The number of hydrogen-bond donors (Lipinski definition) is 2. The number of benzene rings is 1. The predicted octanol–water partition coefficient (Wildman–Crippen LogP) is 0.349. The van der Waals surface area contributed by atoms with E-state index in [-0.39, 0.29) is 0 Å². The van der Waals surface area contributed by atoms with Crippen LogP contribution in [0.25, 0.3) is 0 Å². The smallest absolute Gasteiger partial charge is 0.114 e. The van der Waals surface area contributed by atoms with E-state index in [9.17, 15) is 5.11 Å². The molecule has 0 spiro atoms. The summed E-state index contributed by atoms with van der Waals surface area (Å²) >= 11 is 0. The van der Waals surface area contributed by atoms with Gasteiger partial charge in [0, 0.05) is 13.1 Å². The summed E-state index contributed by atoms with van der Waals surface area (Å²) in [5, 5.41) is 21.5. The van der Waals surface area contributed by atoms with Gasteiger partial charge >= 0.3 is 0 Å². The highest BCUT2D eigenvalue weighted by Crippen LogP contribution is 2.24. The van der Waals surface area contributed by atoms with Crippen LogP contribution < -0.4 is 5.32 Å². The van der Waals surface area contributed by atoms with Crippen molar-refractivity contribution in [2.75, 3.05) is 13.1 Å². The molecule has 0 amide bonds. The molecular weight excluding hydrogens is 164 g/mol. The molecular formula is C10H10N2O. The van der Waals surface area contributed by atoms with E-state index in [0.29, 0.717) is 18.7 Å². The van der Waals surface area contributed by atoms with Crippen molar-refractivity contribution in [2.45, 2.75) is 5.60 Å². The minimum Gasteiger partial charge on any atom is -0.382 e. The summed E-state index contributed by atoms with van der Waals surface area (Å²) in [5.41, 5.74) is 0.790. The number of nitrogens with zero attached hydrogens (tertiary/aromatic N) is 1. The zero-order valence-electron chi connectivity index (χ0n) is 7.12. The Morgan fingerprint density at radius 2 is 1.92 bits per heavy atom. The van der Waals surface area contributed by atoms with Crippen LogP contribution in [0.3, 0.4) is 0 Å². The summed E-state index contributed by atoms with van der Waals surface area (Å²) in [7, 11) is 0. The Balaban J connectivity index is 2.28. The quantitative estimate of drug-likeness (QED) is 0.646. The van der Waals surface area contributed by atoms with Crippen molar-refractivity contribution >= 4 is 0 Å². The molecule has 2 rings (SSSR count). The van der Waals surface area contributed by atoms with Gasteiger partial charge in [-0.1, -0.05) is 12.1 Å². The van der Waals surface area contributed by atoms with Crippen LogP contribution in [0.5, 0.6) is 0 Å². The third-order valence-corrected chi connectivity index (χ3v) is 2.39. The number of rotatable bonds is 1. The Hall–Kier alpha value is -1.37. The number of aliphatic hydroxyl groups is 1. The average Bonchev–Trinajstić information content (AvgIpc) is 2.14. The van der Waals surface area contributed by atoms with Crippen molar-refractivity contribution in [1.82, 2.24) is 5.32 Å². The van der Waals surface area contributed by atoms with Crippen LogP contribution in [0.1, 0.15) is 11.1 Å². The van der Waals surface area contributed by atoms with Gasteiger partial charge in [0.2, 0.25) is 0 Å². The molecule has 1 aromatic carbocycles. The molecule has 3 nitrogen and oxygen atoms in total. The molecule has 0 radical (unpaired) electrons. The molecule has 1 aliphatic rings. The van der Waals surface area contributed by atoms with E-state index in [1.807, 2.05) is 6.07 Å². The average molecular weight is 174 g/mol. The van der Waals surface area contributed by atoms with Crippen molar-refractivity contribution in [1.29, 1.82) is 5.26 Å². The van der Waals surface area contributed by atoms with Gasteiger partial charge < -0.3 is 10.4 Å². The molecule has 0 unspecified atom stereocenters. The second-order valence-electron chi connectivity index (χ2n) is 3.32. The second-order valence-corrected chi connectivity index (χ2v) is 3.32. The standard InChI is InChI=1S/C10H10N2O/c11-5-8-1-3-9(4-2-8)10(13)6-12-7-10/h1-4,12-13H,6-7H2. The molecule has 1 aromatic rings. The largest absolute Gasteiger partial charge is 0.382 e. The fraction of sp³-hybridized carbons (Fsp3) is 0.300. The van der Waals surface area contributed by atoms with Gasteiger partial charge in [-0.15, -0.1) is 0 Å². The van der Waals surface area contributed by atoms with E-state index in [4.69, 9.17) is 5.26 Å². The highest BCUT2D eigenvalue weighted by atomic mass is 16.3. The molecule has 0 aliphatic carbocycles. The zero-order chi connectivity index (χ0) is 9.31. The Morgan fingerprint density at radius 1 is 1.31 bits per heavy atom. The summed E-state index contributed by atoms with van der Waals surface area (Å²) < 4.78 is 0. The molecule has 0 bridgehead atoms. The lowest BCUT2D eigenvalue weighted by atomic mass is 9.88. The molecule has 3 heteroatoms. The van der Waals surface area contributed by atoms with Gasteiger partial charge in [0.25, 0.3) is 0 Å². The summed E-state index contributed by atoms with van der Waals surface area (Å²) in [6, 6.07) is 9.11. The van der Waals surface area contributed by atoms with E-state index in [0.717, 1.165) is 5.56 Å². The van der Waals surface area contributed by atoms with Crippen LogP contribution in [0, 0.1) is 11.3 Å². The van der Waals surface area contributed by atoms with E-state index in [2.05, 4.69) is 5.32 Å². The third-order valence-electron chi connectivity index (χ3n) is 2.39. The molecule has 0 aromatic heterocycles. The molecule has 1 aliphatic heterocycles. The maximum absolute atomic E-state index is 9.90. The van der Waals surface area contributed by atoms with E-state index >= 15 is 0 Å². The SMILES string of the molecule is N#Cc1ccc(C2(O)CNC2)cc1. The summed E-state index contributed by atoms with van der Waals surface area (Å²) in [6.07, 6.45) is 0. The van der Waals surface area contributed by atoms with E-state index in [1.54, 1.807) is 24.3 Å². The van der Waals surface area contributed by atoms with Crippen LogP contribution in [0.4, 0.5) is 0 Å². The van der Waals surface area contributed by atoms with Gasteiger partial charge in [0.15, 0.2) is 0 Å². The minimum absolute atomic E-state index is 0.596. The maximum Gasteiger partial charge on any atom is 0.114 e. The lowest BCUT2D eigenvalue weighted by Crippen LogP contribution is -2.56. The highest BCUT2D eigenvalue weighted by Gasteiger charge is 2.35. The number of nitrogens with one attached hydrogen (secondary N) is 1. The van der Waals surface area contributed by atoms with Gasteiger partial charge in [0.05, 0.1) is 11.6 Å². The van der Waals surface area contributed by atoms with Crippen molar-refractivity contribution in [2.24, 2.45) is 0 Å². The summed E-state index contributed by atoms with van der Waals surface area (Å²) in [5.74, 6) is 0. The van der Waals surface area contributed by atoms with Crippen molar-refractivity contribution in [3.8, 4) is 6.07 Å². The van der Waals surface area contributed by atoms with E-state index < -0.39 is 5.60 Å². The first kappa shape index (κ1) is 8.24. The third kappa shape index (κ3) is 1.31. The monoisotopic (exact) mass is 174 g/mol. The second kappa shape index (κ2) is 2.84. The van der Waals surface area contributed by atoms with Crippen molar-refractivity contribution in [3.63, 3.8) is 0 Å². The first-order chi connectivity index (χ1) is 6.24. The lowest BCUT2D eigenvalue weighted by Gasteiger charge is -2.38. The van der Waals surface area contributed by atoms with Crippen LogP contribution in [0.15, 0.2) is 24.3 Å². The molecule has 13 heavy (non-hydrogen) atoms. The van der Waals surface area contributed by atoms with Crippen LogP contribution >= 0.6 is 0 Å². The van der Waals surface area contributed by atoms with Gasteiger partial charge in [-0.25, -0.2) is 0 Å². The first-order valence-electron chi connectivity index (χ1n) is 4.18. The van der Waals surface area contributed by atoms with Gasteiger partial charge in [-0.2, -0.15) is 5.26 Å². The molecule has 0 atom stereocenters. The lowest BCUT2D eigenvalue weighted by molar-refractivity contribution is -0.0146. The van der Waals surface area contributed by atoms with Crippen molar-refractivity contribution < 1.29 is 5.11 Å². The number of nitriles is 1. The molecule has 1 heterocycles. The highest BCUT2D eigenvalue weighted by molar-refractivity contribution is 5.35. The maximum atomic E-state index is 9.90. The van der Waals surface area contributed by atoms with Gasteiger partial charge in [-0.05, 0) is 17.7 Å². The van der Waals surface area contributed by atoms with Gasteiger partial charge in [-0.3, -0.25) is 0 Å². The Bertz CT molecular complexity index is 346. The number of hydrogen-bond acceptors (Lipinski definition) is 3. The Morgan fingerprint density at radius 3 is 2.31 bits per heavy atom. The molecule has 66 valence electrons. The Labute approximate surface area is 76.6 Å². The number of β-amino-alcohol motifs (C(OH)–C–C–N with tert-alkyl or cyclic N) is 1. The van der Waals surface area contributed by atoms with Gasteiger partial charge in [0.1, 0.15) is 5.60 Å². The van der Waals surface area contributed by atoms with E-state index in [1.165, 1.54) is 0 Å². The first-order valence-corrected chi connectivity index (χ1v) is 4.18. The fourth-order valence-corrected chi connectivity index (χ4v) is 1.42. The minimum atomic E-state index is -0.714. The normalized spacial score (nSPS) is 18.8. The molecule has 0 saturated carbocycles. The molecule has 1 saturated heterocycles. The van der Waals surface area contributed by atoms with Crippen molar-refractivity contribution in [3.05, 3.63) is 35.4 Å².